The Kier molecular flexibility index (Phi) is 5.64. The van der Waals surface area contributed by atoms with E-state index in [1.54, 1.807) is 18.4 Å². The van der Waals surface area contributed by atoms with Crippen molar-refractivity contribution in [2.24, 2.45) is 0 Å². The van der Waals surface area contributed by atoms with Crippen molar-refractivity contribution in [3.8, 4) is 5.75 Å². The minimum Gasteiger partial charge on any atom is -0.496 e. The molecule has 1 aromatic carbocycles. The average Bonchev–Trinajstić information content (AvgIpc) is 2.84. The highest BCUT2D eigenvalue weighted by atomic mass is 79.9. The number of nitrogens with one attached hydrogen (secondary N) is 1. The lowest BCUT2D eigenvalue weighted by Crippen LogP contribution is -2.22. The summed E-state index contributed by atoms with van der Waals surface area (Å²) in [6.07, 6.45) is 0.998. The Morgan fingerprint density at radius 1 is 1.35 bits per heavy atom. The van der Waals surface area contributed by atoms with Crippen LogP contribution < -0.4 is 10.1 Å². The number of methoxy groups -OCH3 is 1. The van der Waals surface area contributed by atoms with Gasteiger partial charge < -0.3 is 10.1 Å². The Morgan fingerprint density at radius 2 is 2.15 bits per heavy atom. The predicted molar refractivity (Wildman–Crippen MR) is 89.9 cm³/mol. The highest BCUT2D eigenvalue weighted by Gasteiger charge is 2.15. The molecule has 1 unspecified atom stereocenters. The van der Waals surface area contributed by atoms with Crippen molar-refractivity contribution in [3.63, 3.8) is 0 Å². The van der Waals surface area contributed by atoms with Gasteiger partial charge in [-0.3, -0.25) is 0 Å². The molecule has 0 radical (unpaired) electrons. The average molecular weight is 354 g/mol. The van der Waals surface area contributed by atoms with Crippen LogP contribution in [0.3, 0.4) is 0 Å². The SMILES string of the molecule is CCNC(Cc1sccc1Br)c1ccc(OC)c(C)c1. The van der Waals surface area contributed by atoms with Gasteiger partial charge in [-0.15, -0.1) is 11.3 Å². The normalized spacial score (nSPS) is 12.4. The summed E-state index contributed by atoms with van der Waals surface area (Å²) in [4.78, 5) is 1.38. The third kappa shape index (κ3) is 3.62. The number of benzene rings is 1. The summed E-state index contributed by atoms with van der Waals surface area (Å²) in [5.41, 5.74) is 2.49. The summed E-state index contributed by atoms with van der Waals surface area (Å²) in [5.74, 6) is 0.946. The number of hydrogen-bond donors (Lipinski definition) is 1. The predicted octanol–water partition coefficient (Wildman–Crippen LogP) is 4.72. The van der Waals surface area contributed by atoms with Crippen LogP contribution in [0.2, 0.25) is 0 Å². The molecule has 1 N–H and O–H groups in total. The van der Waals surface area contributed by atoms with Gasteiger partial charge in [-0.05, 0) is 58.0 Å². The molecule has 2 nitrogen and oxygen atoms in total. The van der Waals surface area contributed by atoms with Crippen LogP contribution in [0.5, 0.6) is 5.75 Å². The Morgan fingerprint density at radius 3 is 2.70 bits per heavy atom. The highest BCUT2D eigenvalue weighted by molar-refractivity contribution is 9.10. The van der Waals surface area contributed by atoms with Crippen LogP contribution in [0.15, 0.2) is 34.1 Å². The van der Waals surface area contributed by atoms with Crippen LogP contribution in [-0.4, -0.2) is 13.7 Å². The lowest BCUT2D eigenvalue weighted by molar-refractivity contribution is 0.411. The first kappa shape index (κ1) is 15.5. The third-order valence-corrected chi connectivity index (χ3v) is 5.30. The lowest BCUT2D eigenvalue weighted by Gasteiger charge is -2.19. The minimum absolute atomic E-state index is 0.333. The van der Waals surface area contributed by atoms with Crippen LogP contribution in [0, 0.1) is 6.92 Å². The zero-order valence-corrected chi connectivity index (χ0v) is 14.5. The fourth-order valence-electron chi connectivity index (χ4n) is 2.33. The number of likely N-dealkylation sites (N-methyl/N-ethyl adjacent to an activating group) is 1. The number of hydrogen-bond acceptors (Lipinski definition) is 3. The second-order valence-electron chi connectivity index (χ2n) is 4.74. The first-order chi connectivity index (χ1) is 9.65. The van der Waals surface area contributed by atoms with Gasteiger partial charge in [0.25, 0.3) is 0 Å². The Labute approximate surface area is 133 Å². The van der Waals surface area contributed by atoms with Gasteiger partial charge >= 0.3 is 0 Å². The summed E-state index contributed by atoms with van der Waals surface area (Å²) in [7, 11) is 1.71. The number of halogens is 1. The molecule has 2 aromatic rings. The summed E-state index contributed by atoms with van der Waals surface area (Å²) in [6.45, 7) is 5.19. The molecule has 0 bridgehead atoms. The zero-order valence-electron chi connectivity index (χ0n) is 12.1. The fraction of sp³-hybridized carbons (Fsp3) is 0.375. The van der Waals surface area contributed by atoms with Crippen molar-refractivity contribution < 1.29 is 4.74 Å². The minimum atomic E-state index is 0.333. The van der Waals surface area contributed by atoms with Crippen molar-refractivity contribution in [1.82, 2.24) is 5.32 Å². The van der Waals surface area contributed by atoms with Crippen molar-refractivity contribution in [1.29, 1.82) is 0 Å². The molecule has 0 amide bonds. The van der Waals surface area contributed by atoms with E-state index in [4.69, 9.17) is 4.74 Å². The number of thiophene rings is 1. The van der Waals surface area contributed by atoms with Crippen LogP contribution in [-0.2, 0) is 6.42 Å². The molecule has 0 aliphatic carbocycles. The molecule has 108 valence electrons. The van der Waals surface area contributed by atoms with Gasteiger partial charge in [0.2, 0.25) is 0 Å². The smallest absolute Gasteiger partial charge is 0.121 e. The Hall–Kier alpha value is -0.840. The molecule has 1 atom stereocenters. The van der Waals surface area contributed by atoms with E-state index in [-0.39, 0.29) is 0 Å². The topological polar surface area (TPSA) is 21.3 Å². The van der Waals surface area contributed by atoms with Gasteiger partial charge in [0.15, 0.2) is 0 Å². The monoisotopic (exact) mass is 353 g/mol. The summed E-state index contributed by atoms with van der Waals surface area (Å²) in [6, 6.07) is 8.87. The maximum absolute atomic E-state index is 5.34. The molecule has 4 heteroatoms. The maximum Gasteiger partial charge on any atom is 0.121 e. The molecule has 0 saturated heterocycles. The van der Waals surface area contributed by atoms with Crippen molar-refractivity contribution in [2.45, 2.75) is 26.3 Å². The fourth-order valence-corrected chi connectivity index (χ4v) is 3.89. The zero-order chi connectivity index (χ0) is 14.5. The van der Waals surface area contributed by atoms with Crippen LogP contribution in [0.1, 0.15) is 29.0 Å². The number of rotatable bonds is 6. The van der Waals surface area contributed by atoms with Gasteiger partial charge in [0.1, 0.15) is 5.75 Å². The van der Waals surface area contributed by atoms with E-state index in [9.17, 15) is 0 Å². The van der Waals surface area contributed by atoms with E-state index < -0.39 is 0 Å². The van der Waals surface area contributed by atoms with Crippen molar-refractivity contribution in [3.05, 3.63) is 50.1 Å². The molecule has 0 fully saturated rings. The first-order valence-corrected chi connectivity index (χ1v) is 8.42. The summed E-state index contributed by atoms with van der Waals surface area (Å²) in [5, 5.41) is 5.70. The standard InChI is InChI=1S/C16H20BrNOS/c1-4-18-14(10-16-13(17)7-8-20-16)12-5-6-15(19-3)11(2)9-12/h5-9,14,18H,4,10H2,1-3H3. The molecule has 1 aromatic heterocycles. The molecule has 0 spiro atoms. The highest BCUT2D eigenvalue weighted by Crippen LogP contribution is 2.30. The van der Waals surface area contributed by atoms with Crippen LogP contribution in [0.4, 0.5) is 0 Å². The number of ether oxygens (including phenoxy) is 1. The van der Waals surface area contributed by atoms with E-state index in [0.717, 1.165) is 18.7 Å². The van der Waals surface area contributed by atoms with Gasteiger partial charge in [-0.25, -0.2) is 0 Å². The van der Waals surface area contributed by atoms with Crippen LogP contribution in [0.25, 0.3) is 0 Å². The van der Waals surface area contributed by atoms with Crippen molar-refractivity contribution in [2.75, 3.05) is 13.7 Å². The van der Waals surface area contributed by atoms with Crippen molar-refractivity contribution >= 4 is 27.3 Å². The Balaban J connectivity index is 2.24. The molecule has 1 heterocycles. The lowest BCUT2D eigenvalue weighted by atomic mass is 10.0. The second-order valence-corrected chi connectivity index (χ2v) is 6.59. The Bertz CT molecular complexity index is 567. The van der Waals surface area contributed by atoms with Gasteiger partial charge in [-0.2, -0.15) is 0 Å². The summed E-state index contributed by atoms with van der Waals surface area (Å²) < 4.78 is 6.54. The maximum atomic E-state index is 5.34. The molecule has 0 aliphatic rings. The van der Waals surface area contributed by atoms with E-state index in [1.165, 1.54) is 20.5 Å². The molecule has 20 heavy (non-hydrogen) atoms. The molecule has 0 aliphatic heterocycles. The van der Waals surface area contributed by atoms with E-state index in [0.29, 0.717) is 6.04 Å². The van der Waals surface area contributed by atoms with E-state index >= 15 is 0 Å². The van der Waals surface area contributed by atoms with E-state index in [2.05, 4.69) is 64.7 Å². The third-order valence-electron chi connectivity index (χ3n) is 3.35. The van der Waals surface area contributed by atoms with Gasteiger partial charge in [0.05, 0.1) is 7.11 Å². The largest absolute Gasteiger partial charge is 0.496 e. The van der Waals surface area contributed by atoms with Crippen LogP contribution >= 0.6 is 27.3 Å². The molecular weight excluding hydrogens is 334 g/mol. The number of aryl methyl sites for hydroxylation is 1. The quantitative estimate of drug-likeness (QED) is 0.810. The molecule has 2 rings (SSSR count). The molecule has 0 saturated carbocycles. The molecular formula is C16H20BrNOS. The van der Waals surface area contributed by atoms with Gasteiger partial charge in [-0.1, -0.05) is 19.1 Å². The summed E-state index contributed by atoms with van der Waals surface area (Å²) >= 11 is 5.42. The van der Waals surface area contributed by atoms with Gasteiger partial charge in [0, 0.05) is 21.8 Å². The second kappa shape index (κ2) is 7.25. The first-order valence-electron chi connectivity index (χ1n) is 6.75. The van der Waals surface area contributed by atoms with E-state index in [1.807, 2.05) is 0 Å².